The highest BCUT2D eigenvalue weighted by atomic mass is 35.5. The van der Waals surface area contributed by atoms with Crippen LogP contribution in [0.15, 0.2) is 30.3 Å². The van der Waals surface area contributed by atoms with Crippen LogP contribution in [0.3, 0.4) is 0 Å². The molecule has 1 amide bonds. The van der Waals surface area contributed by atoms with Crippen molar-refractivity contribution < 1.29 is 4.79 Å². The van der Waals surface area contributed by atoms with Crippen molar-refractivity contribution in [2.45, 2.75) is 13.3 Å². The predicted octanol–water partition coefficient (Wildman–Crippen LogP) is 4.09. The fourth-order valence-electron chi connectivity index (χ4n) is 2.60. The van der Waals surface area contributed by atoms with E-state index in [1.54, 1.807) is 23.1 Å². The molecule has 0 fully saturated rings. The Labute approximate surface area is 133 Å². The van der Waals surface area contributed by atoms with Gasteiger partial charge in [-0.25, -0.2) is 0 Å². The standard InChI is InChI=1S/C16H14Cl2N2O/c1-9-6-10-4-5-20(15(10)8-14(9)19)16(21)12-3-2-11(17)7-13(12)18/h2-3,6-8H,4-5,19H2,1H3. The average molecular weight is 321 g/mol. The van der Waals surface area contributed by atoms with Crippen molar-refractivity contribution in [2.24, 2.45) is 0 Å². The summed E-state index contributed by atoms with van der Waals surface area (Å²) in [6.45, 7) is 2.60. The van der Waals surface area contributed by atoms with E-state index in [-0.39, 0.29) is 5.91 Å². The first-order valence-corrected chi connectivity index (χ1v) is 7.39. The first-order chi connectivity index (χ1) is 9.97. The van der Waals surface area contributed by atoms with E-state index in [1.807, 2.05) is 19.1 Å². The summed E-state index contributed by atoms with van der Waals surface area (Å²) in [5.74, 6) is -0.126. The lowest BCUT2D eigenvalue weighted by molar-refractivity contribution is 0.0989. The number of aryl methyl sites for hydroxylation is 1. The summed E-state index contributed by atoms with van der Waals surface area (Å²) in [5, 5.41) is 0.874. The highest BCUT2D eigenvalue weighted by molar-refractivity contribution is 6.37. The van der Waals surface area contributed by atoms with Crippen molar-refractivity contribution >= 4 is 40.5 Å². The molecule has 0 unspecified atom stereocenters. The predicted molar refractivity (Wildman–Crippen MR) is 87.4 cm³/mol. The molecule has 108 valence electrons. The molecule has 0 aliphatic carbocycles. The normalized spacial score (nSPS) is 13.4. The lowest BCUT2D eigenvalue weighted by atomic mass is 10.1. The Kier molecular flexibility index (Phi) is 3.56. The number of carbonyl (C=O) groups is 1. The summed E-state index contributed by atoms with van der Waals surface area (Å²) in [4.78, 5) is 14.4. The van der Waals surface area contributed by atoms with E-state index in [0.29, 0.717) is 27.8 Å². The summed E-state index contributed by atoms with van der Waals surface area (Å²) in [7, 11) is 0. The number of rotatable bonds is 1. The van der Waals surface area contributed by atoms with Crippen LogP contribution in [0.25, 0.3) is 0 Å². The molecule has 0 atom stereocenters. The largest absolute Gasteiger partial charge is 0.398 e. The van der Waals surface area contributed by atoms with Crippen molar-refractivity contribution in [2.75, 3.05) is 17.2 Å². The number of fused-ring (bicyclic) bond motifs is 1. The fourth-order valence-corrected chi connectivity index (χ4v) is 3.09. The molecule has 1 aliphatic heterocycles. The van der Waals surface area contributed by atoms with Crippen LogP contribution >= 0.6 is 23.2 Å². The van der Waals surface area contributed by atoms with E-state index in [9.17, 15) is 4.79 Å². The molecule has 3 rings (SSSR count). The molecule has 2 aromatic carbocycles. The molecule has 0 aromatic heterocycles. The van der Waals surface area contributed by atoms with Gasteiger partial charge in [-0.05, 0) is 48.7 Å². The molecule has 0 bridgehead atoms. The Morgan fingerprint density at radius 2 is 2.00 bits per heavy atom. The van der Waals surface area contributed by atoms with Crippen molar-refractivity contribution in [1.29, 1.82) is 0 Å². The van der Waals surface area contributed by atoms with Crippen molar-refractivity contribution in [3.63, 3.8) is 0 Å². The van der Waals surface area contributed by atoms with Crippen LogP contribution in [0.5, 0.6) is 0 Å². The Hall–Kier alpha value is -1.71. The second kappa shape index (κ2) is 5.24. The van der Waals surface area contributed by atoms with Crippen LogP contribution < -0.4 is 10.6 Å². The SMILES string of the molecule is Cc1cc2c(cc1N)N(C(=O)c1ccc(Cl)cc1Cl)CC2. The minimum Gasteiger partial charge on any atom is -0.398 e. The molecule has 2 N–H and O–H groups in total. The molecule has 2 aromatic rings. The lowest BCUT2D eigenvalue weighted by Gasteiger charge is -2.19. The van der Waals surface area contributed by atoms with Crippen LogP contribution in [-0.2, 0) is 6.42 Å². The minimum atomic E-state index is -0.126. The molecule has 0 spiro atoms. The maximum atomic E-state index is 12.7. The molecular weight excluding hydrogens is 307 g/mol. The highest BCUT2D eigenvalue weighted by Gasteiger charge is 2.27. The topological polar surface area (TPSA) is 46.3 Å². The molecule has 0 saturated carbocycles. The van der Waals surface area contributed by atoms with Gasteiger partial charge < -0.3 is 10.6 Å². The van der Waals surface area contributed by atoms with Crippen LogP contribution in [0, 0.1) is 6.92 Å². The monoisotopic (exact) mass is 320 g/mol. The van der Waals surface area contributed by atoms with Gasteiger partial charge in [-0.1, -0.05) is 29.3 Å². The highest BCUT2D eigenvalue weighted by Crippen LogP contribution is 2.34. The number of nitrogens with two attached hydrogens (primary N) is 1. The number of nitrogens with zero attached hydrogens (tertiary/aromatic N) is 1. The molecule has 5 heteroatoms. The van der Waals surface area contributed by atoms with Gasteiger partial charge in [0, 0.05) is 22.9 Å². The molecule has 21 heavy (non-hydrogen) atoms. The molecule has 3 nitrogen and oxygen atoms in total. The Morgan fingerprint density at radius 3 is 2.71 bits per heavy atom. The number of carbonyl (C=O) groups excluding carboxylic acids is 1. The quantitative estimate of drug-likeness (QED) is 0.804. The third kappa shape index (κ3) is 2.47. The Balaban J connectivity index is 2.00. The molecule has 0 saturated heterocycles. The first kappa shape index (κ1) is 14.2. The summed E-state index contributed by atoms with van der Waals surface area (Å²) < 4.78 is 0. The smallest absolute Gasteiger partial charge is 0.259 e. The molecule has 0 radical (unpaired) electrons. The minimum absolute atomic E-state index is 0.126. The van der Waals surface area contributed by atoms with Gasteiger partial charge >= 0.3 is 0 Å². The van der Waals surface area contributed by atoms with Crippen molar-refractivity contribution in [3.8, 4) is 0 Å². The zero-order chi connectivity index (χ0) is 15.1. The van der Waals surface area contributed by atoms with E-state index >= 15 is 0 Å². The summed E-state index contributed by atoms with van der Waals surface area (Å²) >= 11 is 12.0. The van der Waals surface area contributed by atoms with Gasteiger partial charge in [0.25, 0.3) is 5.91 Å². The van der Waals surface area contributed by atoms with Gasteiger partial charge in [0.2, 0.25) is 0 Å². The van der Waals surface area contributed by atoms with E-state index < -0.39 is 0 Å². The zero-order valence-corrected chi connectivity index (χ0v) is 13.0. The summed E-state index contributed by atoms with van der Waals surface area (Å²) in [6, 6.07) is 8.81. The zero-order valence-electron chi connectivity index (χ0n) is 11.5. The van der Waals surface area contributed by atoms with E-state index in [2.05, 4.69) is 0 Å². The fraction of sp³-hybridized carbons (Fsp3) is 0.188. The van der Waals surface area contributed by atoms with Crippen molar-refractivity contribution in [3.05, 3.63) is 57.1 Å². The van der Waals surface area contributed by atoms with E-state index in [0.717, 1.165) is 23.2 Å². The number of halogens is 2. The third-order valence-electron chi connectivity index (χ3n) is 3.77. The Bertz CT molecular complexity index is 743. The van der Waals surface area contributed by atoms with Gasteiger partial charge in [-0.2, -0.15) is 0 Å². The average Bonchev–Trinajstić information content (AvgIpc) is 2.81. The van der Waals surface area contributed by atoms with Gasteiger partial charge in [0.05, 0.1) is 10.6 Å². The number of amides is 1. The number of nitrogen functional groups attached to an aromatic ring is 1. The summed E-state index contributed by atoms with van der Waals surface area (Å²) in [6.07, 6.45) is 0.827. The van der Waals surface area contributed by atoms with Gasteiger partial charge in [0.1, 0.15) is 0 Å². The number of anilines is 2. The van der Waals surface area contributed by atoms with Gasteiger partial charge in [-0.15, -0.1) is 0 Å². The molecule has 1 aliphatic rings. The van der Waals surface area contributed by atoms with Crippen LogP contribution in [0.2, 0.25) is 10.0 Å². The maximum Gasteiger partial charge on any atom is 0.259 e. The van der Waals surface area contributed by atoms with E-state index in [4.69, 9.17) is 28.9 Å². The van der Waals surface area contributed by atoms with Crippen LogP contribution in [-0.4, -0.2) is 12.5 Å². The number of benzene rings is 2. The summed E-state index contributed by atoms with van der Waals surface area (Å²) in [5.41, 5.74) is 10.1. The van der Waals surface area contributed by atoms with Crippen LogP contribution in [0.1, 0.15) is 21.5 Å². The second-order valence-electron chi connectivity index (χ2n) is 5.17. The van der Waals surface area contributed by atoms with Gasteiger partial charge in [-0.3, -0.25) is 4.79 Å². The van der Waals surface area contributed by atoms with Crippen LogP contribution in [0.4, 0.5) is 11.4 Å². The van der Waals surface area contributed by atoms with Gasteiger partial charge in [0.15, 0.2) is 0 Å². The maximum absolute atomic E-state index is 12.7. The number of hydrogen-bond acceptors (Lipinski definition) is 2. The van der Waals surface area contributed by atoms with Crippen molar-refractivity contribution in [1.82, 2.24) is 0 Å². The second-order valence-corrected chi connectivity index (χ2v) is 6.01. The third-order valence-corrected chi connectivity index (χ3v) is 4.32. The van der Waals surface area contributed by atoms with E-state index in [1.165, 1.54) is 0 Å². The lowest BCUT2D eigenvalue weighted by Crippen LogP contribution is -2.29. The number of hydrogen-bond donors (Lipinski definition) is 1. The molecular formula is C16H14Cl2N2O. The Morgan fingerprint density at radius 1 is 1.24 bits per heavy atom. The first-order valence-electron chi connectivity index (χ1n) is 6.63. The molecule has 1 heterocycles.